The third-order valence-corrected chi connectivity index (χ3v) is 2.66. The first-order valence-corrected chi connectivity index (χ1v) is 5.69. The maximum atomic E-state index is 13.6. The van der Waals surface area contributed by atoms with Crippen LogP contribution in [0.5, 0.6) is 0 Å². The van der Waals surface area contributed by atoms with Gasteiger partial charge in [0.15, 0.2) is 0 Å². The third kappa shape index (κ3) is 2.28. The Morgan fingerprint density at radius 3 is 2.42 bits per heavy atom. The summed E-state index contributed by atoms with van der Waals surface area (Å²) in [6.45, 7) is 0. The minimum atomic E-state index is -0.314. The lowest BCUT2D eigenvalue weighted by molar-refractivity contribution is 0.632. The van der Waals surface area contributed by atoms with E-state index in [9.17, 15) is 4.39 Å². The fourth-order valence-corrected chi connectivity index (χ4v) is 1.77. The number of halogens is 1. The van der Waals surface area contributed by atoms with Crippen molar-refractivity contribution in [2.45, 2.75) is 0 Å². The van der Waals surface area contributed by atoms with E-state index in [0.29, 0.717) is 17.2 Å². The molecule has 3 aromatic rings. The fraction of sp³-hybridized carbons (Fsp3) is 0. The number of hydrogen-bond donors (Lipinski definition) is 2. The highest BCUT2D eigenvalue weighted by Crippen LogP contribution is 2.28. The Kier molecular flexibility index (Phi) is 2.89. The van der Waals surface area contributed by atoms with Crippen LogP contribution in [0.3, 0.4) is 0 Å². The van der Waals surface area contributed by atoms with E-state index in [-0.39, 0.29) is 5.82 Å². The van der Waals surface area contributed by atoms with E-state index in [2.05, 4.69) is 25.9 Å². The van der Waals surface area contributed by atoms with Crippen molar-refractivity contribution >= 4 is 11.4 Å². The van der Waals surface area contributed by atoms with Crippen LogP contribution in [0.25, 0.3) is 11.4 Å². The first-order valence-electron chi connectivity index (χ1n) is 5.69. The fourth-order valence-electron chi connectivity index (χ4n) is 1.77. The minimum absolute atomic E-state index is 0.314. The number of anilines is 2. The van der Waals surface area contributed by atoms with Crippen LogP contribution in [0.2, 0.25) is 0 Å². The van der Waals surface area contributed by atoms with Crippen molar-refractivity contribution in [2.75, 3.05) is 5.32 Å². The van der Waals surface area contributed by atoms with Gasteiger partial charge in [-0.05, 0) is 29.5 Å². The minimum Gasteiger partial charge on any atom is -0.353 e. The molecule has 0 amide bonds. The van der Waals surface area contributed by atoms with Crippen LogP contribution in [0.15, 0.2) is 48.5 Å². The van der Waals surface area contributed by atoms with Crippen LogP contribution in [0.1, 0.15) is 0 Å². The lowest BCUT2D eigenvalue weighted by atomic mass is 10.1. The molecule has 0 saturated heterocycles. The molecule has 6 heteroatoms. The third-order valence-electron chi connectivity index (χ3n) is 2.66. The second-order valence-electron chi connectivity index (χ2n) is 3.89. The summed E-state index contributed by atoms with van der Waals surface area (Å²) in [5.74, 6) is 0.143. The van der Waals surface area contributed by atoms with E-state index in [0.717, 1.165) is 5.56 Å². The molecular weight excluding hydrogens is 245 g/mol. The molecule has 2 N–H and O–H groups in total. The van der Waals surface area contributed by atoms with E-state index in [1.807, 2.05) is 24.3 Å². The predicted molar refractivity (Wildman–Crippen MR) is 69.3 cm³/mol. The number of aromatic nitrogens is 4. The van der Waals surface area contributed by atoms with E-state index in [1.165, 1.54) is 6.07 Å². The number of aromatic amines is 1. The van der Waals surface area contributed by atoms with Gasteiger partial charge in [-0.15, -0.1) is 10.2 Å². The van der Waals surface area contributed by atoms with Gasteiger partial charge >= 0.3 is 0 Å². The second-order valence-corrected chi connectivity index (χ2v) is 3.89. The topological polar surface area (TPSA) is 66.5 Å². The van der Waals surface area contributed by atoms with E-state index >= 15 is 0 Å². The van der Waals surface area contributed by atoms with Crippen LogP contribution in [-0.2, 0) is 0 Å². The molecule has 1 aromatic heterocycles. The number of rotatable bonds is 3. The Balaban J connectivity index is 2.00. The molecular formula is C13H10FN5. The molecule has 1 heterocycles. The van der Waals surface area contributed by atoms with Gasteiger partial charge in [0.05, 0.1) is 5.69 Å². The lowest BCUT2D eigenvalue weighted by Crippen LogP contribution is -1.96. The molecule has 0 radical (unpaired) electrons. The summed E-state index contributed by atoms with van der Waals surface area (Å²) in [4.78, 5) is 0. The molecule has 0 aliphatic heterocycles. The van der Waals surface area contributed by atoms with Crippen molar-refractivity contribution in [1.82, 2.24) is 20.6 Å². The molecule has 0 fully saturated rings. The standard InChI is InChI=1S/C13H10FN5/c14-10-6-2-4-8-12(10)15-11-7-3-1-5-9(11)13-16-18-19-17-13/h1-8,15H,(H,16,17,18,19). The zero-order chi connectivity index (χ0) is 13.1. The van der Waals surface area contributed by atoms with Crippen molar-refractivity contribution in [2.24, 2.45) is 0 Å². The molecule has 0 atom stereocenters. The number of hydrogen-bond acceptors (Lipinski definition) is 4. The van der Waals surface area contributed by atoms with E-state index in [4.69, 9.17) is 0 Å². The SMILES string of the molecule is Fc1ccccc1Nc1ccccc1-c1nn[nH]n1. The lowest BCUT2D eigenvalue weighted by Gasteiger charge is -2.10. The number of nitrogens with zero attached hydrogens (tertiary/aromatic N) is 3. The molecule has 5 nitrogen and oxygen atoms in total. The summed E-state index contributed by atoms with van der Waals surface area (Å²) in [6, 6.07) is 13.9. The molecule has 0 saturated carbocycles. The maximum absolute atomic E-state index is 13.6. The van der Waals surface area contributed by atoms with E-state index < -0.39 is 0 Å². The number of nitrogens with one attached hydrogen (secondary N) is 2. The number of benzene rings is 2. The Hall–Kier alpha value is -2.76. The van der Waals surface area contributed by atoms with Gasteiger partial charge in [-0.25, -0.2) is 4.39 Å². The van der Waals surface area contributed by atoms with Gasteiger partial charge in [0.25, 0.3) is 0 Å². The second kappa shape index (κ2) is 4.85. The Morgan fingerprint density at radius 2 is 1.68 bits per heavy atom. The van der Waals surface area contributed by atoms with Crippen molar-refractivity contribution in [3.63, 3.8) is 0 Å². The summed E-state index contributed by atoms with van der Waals surface area (Å²) >= 11 is 0. The van der Waals surface area contributed by atoms with E-state index in [1.54, 1.807) is 18.2 Å². The van der Waals surface area contributed by atoms with Gasteiger partial charge in [-0.2, -0.15) is 5.21 Å². The monoisotopic (exact) mass is 255 g/mol. The highest BCUT2D eigenvalue weighted by atomic mass is 19.1. The smallest absolute Gasteiger partial charge is 0.206 e. The summed E-state index contributed by atoms with van der Waals surface area (Å²) in [6.07, 6.45) is 0. The van der Waals surface area contributed by atoms with Crippen LogP contribution < -0.4 is 5.32 Å². The van der Waals surface area contributed by atoms with Crippen molar-refractivity contribution in [1.29, 1.82) is 0 Å². The molecule has 0 unspecified atom stereocenters. The van der Waals surface area contributed by atoms with Crippen LogP contribution in [0.4, 0.5) is 15.8 Å². The molecule has 2 aromatic carbocycles. The Labute approximate surface area is 108 Å². The Morgan fingerprint density at radius 1 is 0.947 bits per heavy atom. The average molecular weight is 255 g/mol. The Bertz CT molecular complexity index is 681. The van der Waals surface area contributed by atoms with Gasteiger partial charge in [-0.1, -0.05) is 24.3 Å². The first kappa shape index (κ1) is 11.3. The predicted octanol–water partition coefficient (Wildman–Crippen LogP) is 2.75. The maximum Gasteiger partial charge on any atom is 0.206 e. The quantitative estimate of drug-likeness (QED) is 0.755. The van der Waals surface area contributed by atoms with Crippen LogP contribution in [-0.4, -0.2) is 20.6 Å². The normalized spacial score (nSPS) is 10.4. The van der Waals surface area contributed by atoms with Crippen LogP contribution >= 0.6 is 0 Å². The van der Waals surface area contributed by atoms with Crippen molar-refractivity contribution in [3.05, 3.63) is 54.3 Å². The summed E-state index contributed by atoms with van der Waals surface area (Å²) in [7, 11) is 0. The van der Waals surface area contributed by atoms with Crippen molar-refractivity contribution in [3.8, 4) is 11.4 Å². The molecule has 0 aliphatic carbocycles. The molecule has 0 spiro atoms. The number of H-pyrrole nitrogens is 1. The zero-order valence-electron chi connectivity index (χ0n) is 9.84. The van der Waals surface area contributed by atoms with Gasteiger partial charge in [0.1, 0.15) is 5.82 Å². The summed E-state index contributed by atoms with van der Waals surface area (Å²) < 4.78 is 13.6. The number of tetrazole rings is 1. The average Bonchev–Trinajstić information content (AvgIpc) is 2.96. The molecule has 19 heavy (non-hydrogen) atoms. The van der Waals surface area contributed by atoms with Gasteiger partial charge < -0.3 is 5.32 Å². The van der Waals surface area contributed by atoms with Crippen LogP contribution in [0, 0.1) is 5.82 Å². The molecule has 0 bridgehead atoms. The van der Waals surface area contributed by atoms with Crippen molar-refractivity contribution < 1.29 is 4.39 Å². The van der Waals surface area contributed by atoms with Gasteiger partial charge in [0, 0.05) is 11.3 Å². The largest absolute Gasteiger partial charge is 0.353 e. The summed E-state index contributed by atoms with van der Waals surface area (Å²) in [5.41, 5.74) is 1.87. The number of para-hydroxylation sites is 2. The molecule has 3 rings (SSSR count). The molecule has 94 valence electrons. The molecule has 0 aliphatic rings. The highest BCUT2D eigenvalue weighted by Gasteiger charge is 2.10. The zero-order valence-corrected chi connectivity index (χ0v) is 9.84. The summed E-state index contributed by atoms with van der Waals surface area (Å²) in [5, 5.41) is 16.8. The van der Waals surface area contributed by atoms with Gasteiger partial charge in [-0.3, -0.25) is 0 Å². The highest BCUT2D eigenvalue weighted by molar-refractivity contribution is 5.77. The first-order chi connectivity index (χ1) is 9.34. The van der Waals surface area contributed by atoms with Gasteiger partial charge in [0.2, 0.25) is 5.82 Å².